The number of benzene rings is 1. The third kappa shape index (κ3) is 1.73. The molecule has 0 saturated heterocycles. The summed E-state index contributed by atoms with van der Waals surface area (Å²) in [5.74, 6) is 0. The molecular weight excluding hydrogens is 228 g/mol. The summed E-state index contributed by atoms with van der Waals surface area (Å²) in [6.07, 6.45) is 3.99. The molecule has 3 rings (SSSR count). The lowest BCUT2D eigenvalue weighted by atomic mass is 10.1. The summed E-state index contributed by atoms with van der Waals surface area (Å²) in [5.41, 5.74) is 3.24. The first-order valence-corrected chi connectivity index (χ1v) is 5.55. The summed E-state index contributed by atoms with van der Waals surface area (Å²) in [7, 11) is 0. The van der Waals surface area contributed by atoms with Gasteiger partial charge in [0, 0.05) is 35.6 Å². The number of hydrogen-bond acceptors (Lipinski definition) is 2. The fraction of sp³-hybridized carbons (Fsp3) is 0. The minimum absolute atomic E-state index is 0.113. The summed E-state index contributed by atoms with van der Waals surface area (Å²) in [6, 6.07) is 14.6. The number of non-ortho nitro benzene ring substituents is 1. The van der Waals surface area contributed by atoms with Crippen LogP contribution in [0.5, 0.6) is 0 Å². The van der Waals surface area contributed by atoms with Gasteiger partial charge in [0.15, 0.2) is 0 Å². The van der Waals surface area contributed by atoms with Crippen LogP contribution in [0.25, 0.3) is 16.6 Å². The molecule has 0 bridgehead atoms. The molecule has 0 aliphatic rings. The van der Waals surface area contributed by atoms with E-state index in [-0.39, 0.29) is 10.6 Å². The van der Waals surface area contributed by atoms with Gasteiger partial charge in [-0.1, -0.05) is 6.07 Å². The first kappa shape index (κ1) is 10.5. The van der Waals surface area contributed by atoms with Crippen LogP contribution in [0.1, 0.15) is 0 Å². The van der Waals surface area contributed by atoms with Gasteiger partial charge >= 0.3 is 0 Å². The number of nitrogens with zero attached hydrogens (tertiary/aromatic N) is 2. The van der Waals surface area contributed by atoms with Crippen LogP contribution in [-0.4, -0.2) is 9.32 Å². The molecule has 0 N–H and O–H groups in total. The average molecular weight is 238 g/mol. The Bertz CT molecular complexity index is 681. The molecular formula is C14H10N2O2. The van der Waals surface area contributed by atoms with Gasteiger partial charge in [-0.2, -0.15) is 0 Å². The van der Waals surface area contributed by atoms with Crippen LogP contribution in [0.15, 0.2) is 60.9 Å². The third-order valence-corrected chi connectivity index (χ3v) is 2.92. The van der Waals surface area contributed by atoms with Gasteiger partial charge in [0.1, 0.15) is 0 Å². The van der Waals surface area contributed by atoms with Crippen molar-refractivity contribution in [1.82, 2.24) is 4.40 Å². The van der Waals surface area contributed by atoms with Gasteiger partial charge in [-0.15, -0.1) is 0 Å². The predicted molar refractivity (Wildman–Crippen MR) is 69.5 cm³/mol. The van der Waals surface area contributed by atoms with Crippen molar-refractivity contribution in [3.8, 4) is 11.1 Å². The second-order valence-electron chi connectivity index (χ2n) is 4.07. The highest BCUT2D eigenvalue weighted by molar-refractivity contribution is 5.70. The molecule has 4 nitrogen and oxygen atoms in total. The van der Waals surface area contributed by atoms with E-state index in [1.54, 1.807) is 12.1 Å². The number of hydrogen-bond donors (Lipinski definition) is 0. The predicted octanol–water partition coefficient (Wildman–Crippen LogP) is 3.51. The Labute approximate surface area is 103 Å². The zero-order chi connectivity index (χ0) is 12.5. The molecule has 2 aromatic heterocycles. The van der Waals surface area contributed by atoms with E-state index in [0.29, 0.717) is 0 Å². The van der Waals surface area contributed by atoms with Crippen LogP contribution < -0.4 is 0 Å². The molecule has 18 heavy (non-hydrogen) atoms. The van der Waals surface area contributed by atoms with Crippen molar-refractivity contribution in [3.63, 3.8) is 0 Å². The third-order valence-electron chi connectivity index (χ3n) is 2.92. The molecule has 4 heteroatoms. The van der Waals surface area contributed by atoms with Crippen molar-refractivity contribution in [3.05, 3.63) is 71.0 Å². The first-order valence-electron chi connectivity index (χ1n) is 5.55. The Morgan fingerprint density at radius 1 is 1.00 bits per heavy atom. The maximum atomic E-state index is 10.6. The van der Waals surface area contributed by atoms with Gasteiger partial charge in [0.05, 0.1) is 4.92 Å². The van der Waals surface area contributed by atoms with Gasteiger partial charge in [-0.05, 0) is 35.9 Å². The number of pyridine rings is 1. The Morgan fingerprint density at radius 3 is 2.44 bits per heavy atom. The van der Waals surface area contributed by atoms with E-state index in [1.807, 2.05) is 35.0 Å². The standard InChI is InChI=1S/C14H10N2O2/c17-16(18)13-6-4-11(5-7-13)12-9-14-3-1-2-8-15(14)10-12/h1-10H. The van der Waals surface area contributed by atoms with E-state index in [2.05, 4.69) is 6.07 Å². The molecule has 3 aromatic rings. The summed E-state index contributed by atoms with van der Waals surface area (Å²) in [4.78, 5) is 10.2. The molecule has 1 aromatic carbocycles. The summed E-state index contributed by atoms with van der Waals surface area (Å²) < 4.78 is 2.02. The molecule has 0 radical (unpaired) electrons. The fourth-order valence-electron chi connectivity index (χ4n) is 1.99. The average Bonchev–Trinajstić information content (AvgIpc) is 2.82. The number of nitro groups is 1. The van der Waals surface area contributed by atoms with Gasteiger partial charge < -0.3 is 4.40 Å². The summed E-state index contributed by atoms with van der Waals surface area (Å²) >= 11 is 0. The molecule has 2 heterocycles. The zero-order valence-corrected chi connectivity index (χ0v) is 9.48. The van der Waals surface area contributed by atoms with E-state index < -0.39 is 0 Å². The number of rotatable bonds is 2. The first-order chi connectivity index (χ1) is 8.74. The SMILES string of the molecule is O=[N+]([O-])c1ccc(-c2cc3ccccn3c2)cc1. The Hall–Kier alpha value is -2.62. The Balaban J connectivity index is 2.06. The molecule has 0 unspecified atom stereocenters. The number of aromatic nitrogens is 1. The van der Waals surface area contributed by atoms with Crippen molar-refractivity contribution in [2.24, 2.45) is 0 Å². The van der Waals surface area contributed by atoms with E-state index >= 15 is 0 Å². The highest BCUT2D eigenvalue weighted by Crippen LogP contribution is 2.24. The van der Waals surface area contributed by atoms with Crippen molar-refractivity contribution < 1.29 is 4.92 Å². The lowest BCUT2D eigenvalue weighted by molar-refractivity contribution is -0.384. The van der Waals surface area contributed by atoms with Crippen molar-refractivity contribution in [1.29, 1.82) is 0 Å². The highest BCUT2D eigenvalue weighted by Gasteiger charge is 2.06. The van der Waals surface area contributed by atoms with Gasteiger partial charge in [0.25, 0.3) is 5.69 Å². The molecule has 0 aliphatic heterocycles. The summed E-state index contributed by atoms with van der Waals surface area (Å²) in [6.45, 7) is 0. The lowest BCUT2D eigenvalue weighted by Crippen LogP contribution is -1.86. The zero-order valence-electron chi connectivity index (χ0n) is 9.48. The number of nitro benzene ring substituents is 1. The maximum Gasteiger partial charge on any atom is 0.269 e. The Morgan fingerprint density at radius 2 is 1.78 bits per heavy atom. The molecule has 0 fully saturated rings. The quantitative estimate of drug-likeness (QED) is 0.506. The second-order valence-corrected chi connectivity index (χ2v) is 4.07. The van der Waals surface area contributed by atoms with Crippen LogP contribution in [0.3, 0.4) is 0 Å². The Kier molecular flexibility index (Phi) is 2.34. The smallest absolute Gasteiger partial charge is 0.269 e. The van der Waals surface area contributed by atoms with E-state index in [4.69, 9.17) is 0 Å². The molecule has 0 saturated carbocycles. The number of fused-ring (bicyclic) bond motifs is 1. The lowest BCUT2D eigenvalue weighted by Gasteiger charge is -1.96. The van der Waals surface area contributed by atoms with E-state index in [0.717, 1.165) is 16.6 Å². The van der Waals surface area contributed by atoms with Crippen molar-refractivity contribution in [2.45, 2.75) is 0 Å². The van der Waals surface area contributed by atoms with Crippen LogP contribution in [0, 0.1) is 10.1 Å². The monoisotopic (exact) mass is 238 g/mol. The maximum absolute atomic E-state index is 10.6. The minimum atomic E-state index is -0.389. The molecule has 0 amide bonds. The van der Waals surface area contributed by atoms with Gasteiger partial charge in [0.2, 0.25) is 0 Å². The second kappa shape index (κ2) is 4.00. The highest BCUT2D eigenvalue weighted by atomic mass is 16.6. The van der Waals surface area contributed by atoms with Gasteiger partial charge in [-0.3, -0.25) is 10.1 Å². The van der Waals surface area contributed by atoms with E-state index in [9.17, 15) is 10.1 Å². The van der Waals surface area contributed by atoms with Crippen molar-refractivity contribution >= 4 is 11.2 Å². The fourth-order valence-corrected chi connectivity index (χ4v) is 1.99. The van der Waals surface area contributed by atoms with E-state index in [1.165, 1.54) is 12.1 Å². The van der Waals surface area contributed by atoms with Gasteiger partial charge in [-0.25, -0.2) is 0 Å². The van der Waals surface area contributed by atoms with Crippen molar-refractivity contribution in [2.75, 3.05) is 0 Å². The van der Waals surface area contributed by atoms with Crippen LogP contribution >= 0.6 is 0 Å². The van der Waals surface area contributed by atoms with Crippen LogP contribution in [0.4, 0.5) is 5.69 Å². The molecule has 0 aliphatic carbocycles. The molecule has 0 spiro atoms. The van der Waals surface area contributed by atoms with Crippen LogP contribution in [0.2, 0.25) is 0 Å². The minimum Gasteiger partial charge on any atom is -0.323 e. The molecule has 88 valence electrons. The largest absolute Gasteiger partial charge is 0.323 e. The van der Waals surface area contributed by atoms with Crippen LogP contribution in [-0.2, 0) is 0 Å². The normalized spacial score (nSPS) is 10.7. The summed E-state index contributed by atoms with van der Waals surface area (Å²) in [5, 5.41) is 10.6. The molecule has 0 atom stereocenters. The topological polar surface area (TPSA) is 47.5 Å².